The Morgan fingerprint density at radius 2 is 2.05 bits per heavy atom. The van der Waals surface area contributed by atoms with Gasteiger partial charge >= 0.3 is 0 Å². The van der Waals surface area contributed by atoms with Crippen LogP contribution in [0.2, 0.25) is 0 Å². The van der Waals surface area contributed by atoms with Crippen molar-refractivity contribution in [3.05, 3.63) is 0 Å². The van der Waals surface area contributed by atoms with Gasteiger partial charge < -0.3 is 11.1 Å². The van der Waals surface area contributed by atoms with E-state index >= 15 is 0 Å². The molecule has 1 fully saturated rings. The highest BCUT2D eigenvalue weighted by Crippen LogP contribution is 2.12. The van der Waals surface area contributed by atoms with Crippen molar-refractivity contribution >= 4 is 5.91 Å². The van der Waals surface area contributed by atoms with Crippen LogP contribution in [0, 0.1) is 0 Å². The Labute approximate surface area is 130 Å². The first kappa shape index (κ1) is 18.4. The standard InChI is InChI=1S/C16H34N4O/c1-3-5-9-18-16(21)14-19-10-6-11-20(13-12-19)15(4-2)7-8-17/h15H,3-14,17H2,1-2H3,(H,18,21). The zero-order valence-corrected chi connectivity index (χ0v) is 13.9. The molecule has 124 valence electrons. The molecule has 0 aromatic heterocycles. The van der Waals surface area contributed by atoms with Crippen molar-refractivity contribution in [1.82, 2.24) is 15.1 Å². The Kier molecular flexibility index (Phi) is 9.63. The SMILES string of the molecule is CCCCNC(=O)CN1CCCN(C(CC)CCN)CC1. The smallest absolute Gasteiger partial charge is 0.234 e. The molecule has 1 aliphatic heterocycles. The minimum absolute atomic E-state index is 0.172. The fourth-order valence-corrected chi connectivity index (χ4v) is 3.02. The average Bonchev–Trinajstić information content (AvgIpc) is 2.70. The zero-order valence-electron chi connectivity index (χ0n) is 13.9. The van der Waals surface area contributed by atoms with Gasteiger partial charge in [-0.3, -0.25) is 14.6 Å². The summed E-state index contributed by atoms with van der Waals surface area (Å²) in [6.07, 6.45) is 5.57. The van der Waals surface area contributed by atoms with Crippen LogP contribution in [0.5, 0.6) is 0 Å². The van der Waals surface area contributed by atoms with E-state index in [9.17, 15) is 4.79 Å². The topological polar surface area (TPSA) is 61.6 Å². The van der Waals surface area contributed by atoms with Crippen LogP contribution in [0.1, 0.15) is 46.0 Å². The molecule has 3 N–H and O–H groups in total. The third-order valence-corrected chi connectivity index (χ3v) is 4.33. The van der Waals surface area contributed by atoms with E-state index in [4.69, 9.17) is 5.73 Å². The number of unbranched alkanes of at least 4 members (excludes halogenated alkanes) is 1. The van der Waals surface area contributed by atoms with E-state index in [2.05, 4.69) is 29.0 Å². The van der Waals surface area contributed by atoms with Gasteiger partial charge in [-0.15, -0.1) is 0 Å². The Morgan fingerprint density at radius 1 is 1.24 bits per heavy atom. The van der Waals surface area contributed by atoms with Gasteiger partial charge in [0, 0.05) is 25.7 Å². The third-order valence-electron chi connectivity index (χ3n) is 4.33. The highest BCUT2D eigenvalue weighted by Gasteiger charge is 2.21. The first-order valence-electron chi connectivity index (χ1n) is 8.64. The van der Waals surface area contributed by atoms with Gasteiger partial charge in [0.15, 0.2) is 0 Å². The van der Waals surface area contributed by atoms with Crippen LogP contribution in [-0.4, -0.2) is 67.6 Å². The van der Waals surface area contributed by atoms with Gasteiger partial charge in [-0.1, -0.05) is 20.3 Å². The van der Waals surface area contributed by atoms with Gasteiger partial charge in [0.1, 0.15) is 0 Å². The number of amides is 1. The summed E-state index contributed by atoms with van der Waals surface area (Å²) < 4.78 is 0. The highest BCUT2D eigenvalue weighted by molar-refractivity contribution is 5.77. The normalized spacial score (nSPS) is 19.2. The van der Waals surface area contributed by atoms with Gasteiger partial charge in [0.2, 0.25) is 5.91 Å². The van der Waals surface area contributed by atoms with Gasteiger partial charge in [0.25, 0.3) is 0 Å². The van der Waals surface area contributed by atoms with Gasteiger partial charge in [0.05, 0.1) is 6.54 Å². The minimum atomic E-state index is 0.172. The molecular formula is C16H34N4O. The number of hydrogen-bond acceptors (Lipinski definition) is 4. The molecule has 0 aliphatic carbocycles. The van der Waals surface area contributed by atoms with Crippen molar-refractivity contribution in [3.8, 4) is 0 Å². The predicted molar refractivity (Wildman–Crippen MR) is 88.3 cm³/mol. The third kappa shape index (κ3) is 7.25. The van der Waals surface area contributed by atoms with Gasteiger partial charge in [-0.2, -0.15) is 0 Å². The Balaban J connectivity index is 2.32. The lowest BCUT2D eigenvalue weighted by atomic mass is 10.1. The van der Waals surface area contributed by atoms with Crippen molar-refractivity contribution in [2.24, 2.45) is 5.73 Å². The summed E-state index contributed by atoms with van der Waals surface area (Å²) >= 11 is 0. The lowest BCUT2D eigenvalue weighted by molar-refractivity contribution is -0.122. The molecule has 1 saturated heterocycles. The molecule has 1 rings (SSSR count). The summed E-state index contributed by atoms with van der Waals surface area (Å²) in [5.74, 6) is 0.172. The molecule has 5 heteroatoms. The Bertz CT molecular complexity index is 285. The van der Waals surface area contributed by atoms with Crippen LogP contribution in [0.3, 0.4) is 0 Å². The maximum Gasteiger partial charge on any atom is 0.234 e. The molecule has 0 radical (unpaired) electrons. The van der Waals surface area contributed by atoms with E-state index in [1.54, 1.807) is 0 Å². The van der Waals surface area contributed by atoms with Crippen molar-refractivity contribution < 1.29 is 4.79 Å². The minimum Gasteiger partial charge on any atom is -0.355 e. The highest BCUT2D eigenvalue weighted by atomic mass is 16.2. The predicted octanol–water partition coefficient (Wildman–Crippen LogP) is 1.04. The lowest BCUT2D eigenvalue weighted by Crippen LogP contribution is -2.41. The van der Waals surface area contributed by atoms with E-state index in [1.165, 1.54) is 0 Å². The van der Waals surface area contributed by atoms with E-state index in [0.717, 1.165) is 71.4 Å². The van der Waals surface area contributed by atoms with Crippen LogP contribution < -0.4 is 11.1 Å². The number of carbonyl (C=O) groups is 1. The largest absolute Gasteiger partial charge is 0.355 e. The molecule has 0 saturated carbocycles. The Hall–Kier alpha value is -0.650. The van der Waals surface area contributed by atoms with Crippen LogP contribution >= 0.6 is 0 Å². The number of nitrogens with two attached hydrogens (primary N) is 1. The van der Waals surface area contributed by atoms with E-state index in [-0.39, 0.29) is 5.91 Å². The molecule has 1 heterocycles. The molecule has 0 aromatic rings. The summed E-state index contributed by atoms with van der Waals surface area (Å²) in [5, 5.41) is 3.01. The molecule has 0 spiro atoms. The molecule has 0 aromatic carbocycles. The van der Waals surface area contributed by atoms with Crippen molar-refractivity contribution in [3.63, 3.8) is 0 Å². The quantitative estimate of drug-likeness (QED) is 0.624. The van der Waals surface area contributed by atoms with E-state index < -0.39 is 0 Å². The fraction of sp³-hybridized carbons (Fsp3) is 0.938. The van der Waals surface area contributed by atoms with Gasteiger partial charge in [-0.25, -0.2) is 0 Å². The second-order valence-corrected chi connectivity index (χ2v) is 6.01. The van der Waals surface area contributed by atoms with Crippen molar-refractivity contribution in [1.29, 1.82) is 0 Å². The zero-order chi connectivity index (χ0) is 15.5. The van der Waals surface area contributed by atoms with Crippen molar-refractivity contribution in [2.75, 3.05) is 45.8 Å². The number of nitrogens with zero attached hydrogens (tertiary/aromatic N) is 2. The summed E-state index contributed by atoms with van der Waals surface area (Å²) in [6.45, 7) is 10.7. The molecule has 5 nitrogen and oxygen atoms in total. The number of rotatable bonds is 9. The number of carbonyl (C=O) groups excluding carboxylic acids is 1. The molecule has 0 bridgehead atoms. The molecule has 1 unspecified atom stereocenters. The second kappa shape index (κ2) is 11.0. The van der Waals surface area contributed by atoms with Crippen LogP contribution in [0.4, 0.5) is 0 Å². The molecule has 1 aliphatic rings. The van der Waals surface area contributed by atoms with E-state index in [1.807, 2.05) is 0 Å². The van der Waals surface area contributed by atoms with Crippen LogP contribution in [0.25, 0.3) is 0 Å². The monoisotopic (exact) mass is 298 g/mol. The second-order valence-electron chi connectivity index (χ2n) is 6.01. The Morgan fingerprint density at radius 3 is 2.71 bits per heavy atom. The fourth-order valence-electron chi connectivity index (χ4n) is 3.02. The summed E-state index contributed by atoms with van der Waals surface area (Å²) in [6, 6.07) is 0.605. The lowest BCUT2D eigenvalue weighted by Gasteiger charge is -2.29. The molecular weight excluding hydrogens is 264 g/mol. The number of hydrogen-bond donors (Lipinski definition) is 2. The molecule has 21 heavy (non-hydrogen) atoms. The molecule has 1 amide bonds. The van der Waals surface area contributed by atoms with Crippen LogP contribution in [-0.2, 0) is 4.79 Å². The maximum atomic E-state index is 11.9. The average molecular weight is 298 g/mol. The summed E-state index contributed by atoms with van der Waals surface area (Å²) in [4.78, 5) is 16.7. The first-order valence-corrected chi connectivity index (χ1v) is 8.64. The van der Waals surface area contributed by atoms with Crippen molar-refractivity contribution in [2.45, 2.75) is 52.0 Å². The van der Waals surface area contributed by atoms with E-state index in [0.29, 0.717) is 12.6 Å². The van der Waals surface area contributed by atoms with Crippen LogP contribution in [0.15, 0.2) is 0 Å². The maximum absolute atomic E-state index is 11.9. The number of nitrogens with one attached hydrogen (secondary N) is 1. The van der Waals surface area contributed by atoms with Gasteiger partial charge in [-0.05, 0) is 45.3 Å². The summed E-state index contributed by atoms with van der Waals surface area (Å²) in [7, 11) is 0. The summed E-state index contributed by atoms with van der Waals surface area (Å²) in [5.41, 5.74) is 5.71. The molecule has 1 atom stereocenters. The first-order chi connectivity index (χ1) is 10.2.